The molecule has 0 unspecified atom stereocenters. The summed E-state index contributed by atoms with van der Waals surface area (Å²) in [5.41, 5.74) is 0. The van der Waals surface area contributed by atoms with Crippen molar-refractivity contribution in [1.29, 1.82) is 0 Å². The molecule has 1 aliphatic heterocycles. The number of rotatable bonds is 5. The van der Waals surface area contributed by atoms with Crippen LogP contribution in [0.1, 0.15) is 20.3 Å². The molecule has 1 aromatic rings. The van der Waals surface area contributed by atoms with Gasteiger partial charge in [-0.1, -0.05) is 18.2 Å². The Morgan fingerprint density at radius 1 is 1.26 bits per heavy atom. The van der Waals surface area contributed by atoms with Gasteiger partial charge in [-0.15, -0.1) is 0 Å². The summed E-state index contributed by atoms with van der Waals surface area (Å²) in [5.74, 6) is 0.817. The Morgan fingerprint density at radius 3 is 2.63 bits per heavy atom. The predicted octanol–water partition coefficient (Wildman–Crippen LogP) is 2.09. The zero-order valence-electron chi connectivity index (χ0n) is 11.5. The molecule has 0 radical (unpaired) electrons. The van der Waals surface area contributed by atoms with Crippen molar-refractivity contribution in [3.63, 3.8) is 0 Å². The zero-order chi connectivity index (χ0) is 13.7. The van der Waals surface area contributed by atoms with E-state index >= 15 is 0 Å². The van der Waals surface area contributed by atoms with Crippen molar-refractivity contribution in [2.45, 2.75) is 38.5 Å². The van der Waals surface area contributed by atoms with Gasteiger partial charge in [0.05, 0.1) is 0 Å². The second kappa shape index (κ2) is 6.57. The molecule has 0 amide bonds. The molecule has 0 spiro atoms. The molecule has 2 atom stereocenters. The largest absolute Gasteiger partial charge is 0.485 e. The number of hydrogen-bond acceptors (Lipinski definition) is 4. The first kappa shape index (κ1) is 13.9. The van der Waals surface area contributed by atoms with Crippen LogP contribution in [-0.2, 0) is 9.53 Å². The Hall–Kier alpha value is -1.55. The average molecular weight is 263 g/mol. The van der Waals surface area contributed by atoms with E-state index in [1.54, 1.807) is 0 Å². The molecule has 0 N–H and O–H groups in total. The van der Waals surface area contributed by atoms with E-state index in [2.05, 4.69) is 18.7 Å². The summed E-state index contributed by atoms with van der Waals surface area (Å²) in [6, 6.07) is 10.1. The molecule has 104 valence electrons. The van der Waals surface area contributed by atoms with Gasteiger partial charge in [0.1, 0.15) is 18.0 Å². The fourth-order valence-electron chi connectivity index (χ4n) is 2.40. The van der Waals surface area contributed by atoms with Gasteiger partial charge < -0.3 is 9.47 Å². The summed E-state index contributed by atoms with van der Waals surface area (Å²) in [5, 5.41) is 0. The Balaban J connectivity index is 2.04. The van der Waals surface area contributed by atoms with Crippen LogP contribution in [0.25, 0.3) is 0 Å². The number of para-hydroxylation sites is 1. The van der Waals surface area contributed by atoms with Gasteiger partial charge in [-0.3, -0.25) is 9.69 Å². The fourth-order valence-corrected chi connectivity index (χ4v) is 2.40. The molecule has 0 saturated carbocycles. The molecule has 1 saturated heterocycles. The smallest absolute Gasteiger partial charge is 0.293 e. The minimum absolute atomic E-state index is 0.108. The molecule has 0 bridgehead atoms. The third-order valence-corrected chi connectivity index (χ3v) is 3.52. The van der Waals surface area contributed by atoms with Crippen LogP contribution in [0.2, 0.25) is 0 Å². The maximum absolute atomic E-state index is 10.6. The Kier molecular flexibility index (Phi) is 4.80. The lowest BCUT2D eigenvalue weighted by Crippen LogP contribution is -2.52. The van der Waals surface area contributed by atoms with E-state index in [-0.39, 0.29) is 12.2 Å². The summed E-state index contributed by atoms with van der Waals surface area (Å²) in [6.07, 6.45) is 0.547. The SMILES string of the molecule is CC(C)N1CC[C@H](OC=O)[C@H](Oc2ccccc2)C1. The molecule has 4 nitrogen and oxygen atoms in total. The van der Waals surface area contributed by atoms with Crippen LogP contribution in [-0.4, -0.2) is 42.7 Å². The van der Waals surface area contributed by atoms with Crippen LogP contribution in [0.3, 0.4) is 0 Å². The van der Waals surface area contributed by atoms with E-state index < -0.39 is 0 Å². The molecule has 1 fully saturated rings. The number of hydrogen-bond donors (Lipinski definition) is 0. The molecule has 0 aromatic heterocycles. The summed E-state index contributed by atoms with van der Waals surface area (Å²) < 4.78 is 11.1. The highest BCUT2D eigenvalue weighted by Crippen LogP contribution is 2.21. The highest BCUT2D eigenvalue weighted by atomic mass is 16.6. The quantitative estimate of drug-likeness (QED) is 0.763. The van der Waals surface area contributed by atoms with E-state index in [0.29, 0.717) is 12.5 Å². The van der Waals surface area contributed by atoms with Crippen LogP contribution in [0, 0.1) is 0 Å². The number of nitrogens with zero attached hydrogens (tertiary/aromatic N) is 1. The van der Waals surface area contributed by atoms with Crippen LogP contribution in [0.15, 0.2) is 30.3 Å². The molecular formula is C15H21NO3. The van der Waals surface area contributed by atoms with E-state index in [0.717, 1.165) is 25.3 Å². The topological polar surface area (TPSA) is 38.8 Å². The van der Waals surface area contributed by atoms with Crippen molar-refractivity contribution in [1.82, 2.24) is 4.90 Å². The highest BCUT2D eigenvalue weighted by molar-refractivity contribution is 5.37. The van der Waals surface area contributed by atoms with Crippen LogP contribution >= 0.6 is 0 Å². The third-order valence-electron chi connectivity index (χ3n) is 3.52. The van der Waals surface area contributed by atoms with Gasteiger partial charge in [-0.25, -0.2) is 0 Å². The van der Waals surface area contributed by atoms with Crippen LogP contribution in [0.5, 0.6) is 5.75 Å². The second-order valence-corrected chi connectivity index (χ2v) is 5.12. The number of benzene rings is 1. The molecular weight excluding hydrogens is 242 g/mol. The Labute approximate surface area is 114 Å². The summed E-state index contributed by atoms with van der Waals surface area (Å²) >= 11 is 0. The maximum atomic E-state index is 10.6. The molecule has 1 heterocycles. The number of piperidine rings is 1. The minimum Gasteiger partial charge on any atom is -0.485 e. The number of carbonyl (C=O) groups is 1. The number of carbonyl (C=O) groups excluding carboxylic acids is 1. The summed E-state index contributed by atoms with van der Waals surface area (Å²) in [6.45, 7) is 6.58. The maximum Gasteiger partial charge on any atom is 0.293 e. The van der Waals surface area contributed by atoms with E-state index in [9.17, 15) is 4.79 Å². The van der Waals surface area contributed by atoms with Gasteiger partial charge in [-0.05, 0) is 26.0 Å². The first-order valence-corrected chi connectivity index (χ1v) is 6.75. The Bertz CT molecular complexity index is 394. The minimum atomic E-state index is -0.160. The Morgan fingerprint density at radius 2 is 2.00 bits per heavy atom. The van der Waals surface area contributed by atoms with Gasteiger partial charge in [0, 0.05) is 25.6 Å². The third kappa shape index (κ3) is 3.70. The van der Waals surface area contributed by atoms with Crippen molar-refractivity contribution < 1.29 is 14.3 Å². The van der Waals surface area contributed by atoms with Crippen molar-refractivity contribution in [3.05, 3.63) is 30.3 Å². The number of ether oxygens (including phenoxy) is 2. The van der Waals surface area contributed by atoms with Gasteiger partial charge in [0.25, 0.3) is 6.47 Å². The van der Waals surface area contributed by atoms with E-state index in [1.165, 1.54) is 0 Å². The summed E-state index contributed by atoms with van der Waals surface area (Å²) in [7, 11) is 0. The fraction of sp³-hybridized carbons (Fsp3) is 0.533. The molecule has 1 aromatic carbocycles. The lowest BCUT2D eigenvalue weighted by Gasteiger charge is -2.39. The molecule has 1 aliphatic rings. The second-order valence-electron chi connectivity index (χ2n) is 5.12. The van der Waals surface area contributed by atoms with Crippen molar-refractivity contribution in [3.8, 4) is 5.75 Å². The van der Waals surface area contributed by atoms with Crippen molar-refractivity contribution >= 4 is 6.47 Å². The molecule has 2 rings (SSSR count). The van der Waals surface area contributed by atoms with Gasteiger partial charge in [0.15, 0.2) is 0 Å². The standard InChI is InChI=1S/C15H21NO3/c1-12(2)16-9-8-14(18-11-17)15(10-16)19-13-6-4-3-5-7-13/h3-7,11-12,14-15H,8-10H2,1-2H3/t14-,15+/m0/s1. The zero-order valence-corrected chi connectivity index (χ0v) is 11.5. The molecule has 19 heavy (non-hydrogen) atoms. The van der Waals surface area contributed by atoms with Gasteiger partial charge in [0.2, 0.25) is 0 Å². The highest BCUT2D eigenvalue weighted by Gasteiger charge is 2.33. The van der Waals surface area contributed by atoms with E-state index in [4.69, 9.17) is 9.47 Å². The molecule has 0 aliphatic carbocycles. The lowest BCUT2D eigenvalue weighted by atomic mass is 10.0. The normalized spacial score (nSPS) is 24.2. The first-order valence-electron chi connectivity index (χ1n) is 6.75. The molecule has 4 heteroatoms. The average Bonchev–Trinajstić information content (AvgIpc) is 2.42. The predicted molar refractivity (Wildman–Crippen MR) is 73.1 cm³/mol. The van der Waals surface area contributed by atoms with Crippen LogP contribution in [0.4, 0.5) is 0 Å². The monoisotopic (exact) mass is 263 g/mol. The number of likely N-dealkylation sites (tertiary alicyclic amines) is 1. The lowest BCUT2D eigenvalue weighted by molar-refractivity contribution is -0.142. The van der Waals surface area contributed by atoms with Gasteiger partial charge in [-0.2, -0.15) is 0 Å². The van der Waals surface area contributed by atoms with Gasteiger partial charge >= 0.3 is 0 Å². The summed E-state index contributed by atoms with van der Waals surface area (Å²) in [4.78, 5) is 12.9. The first-order chi connectivity index (χ1) is 9.20. The van der Waals surface area contributed by atoms with Crippen molar-refractivity contribution in [2.24, 2.45) is 0 Å². The van der Waals surface area contributed by atoms with Crippen molar-refractivity contribution in [2.75, 3.05) is 13.1 Å². The van der Waals surface area contributed by atoms with E-state index in [1.807, 2.05) is 30.3 Å². The van der Waals surface area contributed by atoms with Crippen LogP contribution < -0.4 is 4.74 Å².